The standard InChI is InChI=1S/C19H16FIN2O4/c1-26-16-9-11(7-14(21)17(16)27-2)8-15-18(24)23(19(25)22-15)10-12-5-3-4-6-13(12)20/h3-9H,10H2,1-2H3,(H,22,25). The molecule has 0 atom stereocenters. The van der Waals surface area contributed by atoms with E-state index in [2.05, 4.69) is 27.9 Å². The average Bonchev–Trinajstić information content (AvgIpc) is 2.90. The minimum Gasteiger partial charge on any atom is -0.493 e. The van der Waals surface area contributed by atoms with Gasteiger partial charge in [0.15, 0.2) is 11.5 Å². The Hall–Kier alpha value is -2.62. The van der Waals surface area contributed by atoms with Crippen LogP contribution in [-0.2, 0) is 11.3 Å². The van der Waals surface area contributed by atoms with Gasteiger partial charge in [0.25, 0.3) is 5.91 Å². The van der Waals surface area contributed by atoms with Crippen molar-refractivity contribution in [2.75, 3.05) is 14.2 Å². The summed E-state index contributed by atoms with van der Waals surface area (Å²) in [5.74, 6) is 0.109. The number of carbonyl (C=O) groups is 2. The molecule has 1 aliphatic heterocycles. The van der Waals surface area contributed by atoms with Crippen LogP contribution >= 0.6 is 22.6 Å². The number of hydrogen-bond acceptors (Lipinski definition) is 4. The largest absolute Gasteiger partial charge is 0.493 e. The molecule has 27 heavy (non-hydrogen) atoms. The molecule has 8 heteroatoms. The highest BCUT2D eigenvalue weighted by atomic mass is 127. The second kappa shape index (κ2) is 7.95. The Morgan fingerprint density at radius 1 is 1.19 bits per heavy atom. The van der Waals surface area contributed by atoms with Crippen molar-refractivity contribution in [1.29, 1.82) is 0 Å². The summed E-state index contributed by atoms with van der Waals surface area (Å²) < 4.78 is 25.2. The first kappa shape index (κ1) is 19.2. The highest BCUT2D eigenvalue weighted by Gasteiger charge is 2.34. The van der Waals surface area contributed by atoms with Crippen molar-refractivity contribution in [3.8, 4) is 11.5 Å². The molecule has 1 N–H and O–H groups in total. The molecule has 0 radical (unpaired) electrons. The van der Waals surface area contributed by atoms with Gasteiger partial charge in [-0.1, -0.05) is 18.2 Å². The molecule has 0 spiro atoms. The van der Waals surface area contributed by atoms with Gasteiger partial charge in [0.05, 0.1) is 24.3 Å². The van der Waals surface area contributed by atoms with Gasteiger partial charge in [0.2, 0.25) is 0 Å². The molecular formula is C19H16FIN2O4. The molecule has 2 aromatic rings. The Morgan fingerprint density at radius 2 is 1.93 bits per heavy atom. The zero-order valence-corrected chi connectivity index (χ0v) is 16.7. The SMILES string of the molecule is COc1cc(C=C2NC(=O)N(Cc3ccccc3F)C2=O)cc(I)c1OC. The summed E-state index contributed by atoms with van der Waals surface area (Å²) >= 11 is 2.10. The zero-order valence-electron chi connectivity index (χ0n) is 14.6. The van der Waals surface area contributed by atoms with Gasteiger partial charge in [-0.25, -0.2) is 9.18 Å². The number of hydrogen-bond donors (Lipinski definition) is 1. The van der Waals surface area contributed by atoms with E-state index in [0.717, 1.165) is 8.47 Å². The molecule has 0 aliphatic carbocycles. The Morgan fingerprint density at radius 3 is 2.59 bits per heavy atom. The van der Waals surface area contributed by atoms with E-state index in [1.165, 1.54) is 19.2 Å². The Balaban J connectivity index is 1.88. The Bertz CT molecular complexity index is 945. The molecule has 3 rings (SSSR count). The van der Waals surface area contributed by atoms with Gasteiger partial charge in [-0.2, -0.15) is 0 Å². The van der Waals surface area contributed by atoms with Gasteiger partial charge in [-0.15, -0.1) is 0 Å². The van der Waals surface area contributed by atoms with Gasteiger partial charge >= 0.3 is 6.03 Å². The first-order chi connectivity index (χ1) is 12.9. The lowest BCUT2D eigenvalue weighted by atomic mass is 10.1. The number of urea groups is 1. The first-order valence-electron chi connectivity index (χ1n) is 7.94. The van der Waals surface area contributed by atoms with Gasteiger partial charge < -0.3 is 14.8 Å². The second-order valence-corrected chi connectivity index (χ2v) is 6.87. The maximum Gasteiger partial charge on any atom is 0.329 e. The van der Waals surface area contributed by atoms with E-state index in [-0.39, 0.29) is 17.8 Å². The van der Waals surface area contributed by atoms with Crippen LogP contribution in [-0.4, -0.2) is 31.1 Å². The number of carbonyl (C=O) groups excluding carboxylic acids is 2. The lowest BCUT2D eigenvalue weighted by Crippen LogP contribution is -2.30. The number of imide groups is 1. The number of halogens is 2. The lowest BCUT2D eigenvalue weighted by Gasteiger charge is -2.12. The first-order valence-corrected chi connectivity index (χ1v) is 9.02. The van der Waals surface area contributed by atoms with Crippen molar-refractivity contribution in [2.45, 2.75) is 6.54 Å². The fourth-order valence-electron chi connectivity index (χ4n) is 2.70. The normalized spacial score (nSPS) is 15.3. The van der Waals surface area contributed by atoms with Crippen molar-refractivity contribution in [1.82, 2.24) is 10.2 Å². The predicted molar refractivity (Wildman–Crippen MR) is 106 cm³/mol. The van der Waals surface area contributed by atoms with E-state index in [0.29, 0.717) is 17.1 Å². The number of nitrogens with one attached hydrogen (secondary N) is 1. The van der Waals surface area contributed by atoms with E-state index in [1.807, 2.05) is 0 Å². The van der Waals surface area contributed by atoms with Crippen molar-refractivity contribution < 1.29 is 23.5 Å². The van der Waals surface area contributed by atoms with E-state index >= 15 is 0 Å². The average molecular weight is 482 g/mol. The number of ether oxygens (including phenoxy) is 2. The van der Waals surface area contributed by atoms with Crippen molar-refractivity contribution in [3.05, 3.63) is 62.6 Å². The molecule has 1 aliphatic rings. The maximum atomic E-state index is 13.8. The molecule has 0 saturated carbocycles. The Labute approximate surface area is 169 Å². The number of benzene rings is 2. The monoisotopic (exact) mass is 482 g/mol. The molecule has 1 fully saturated rings. The summed E-state index contributed by atoms with van der Waals surface area (Å²) in [5, 5.41) is 2.53. The van der Waals surface area contributed by atoms with E-state index in [9.17, 15) is 14.0 Å². The van der Waals surface area contributed by atoms with Crippen molar-refractivity contribution in [2.24, 2.45) is 0 Å². The van der Waals surface area contributed by atoms with Gasteiger partial charge in [-0.3, -0.25) is 9.69 Å². The molecule has 6 nitrogen and oxygen atoms in total. The van der Waals surface area contributed by atoms with Crippen LogP contribution in [0.1, 0.15) is 11.1 Å². The molecule has 0 unspecified atom stereocenters. The van der Waals surface area contributed by atoms with Crippen LogP contribution in [0.2, 0.25) is 0 Å². The summed E-state index contributed by atoms with van der Waals surface area (Å²) in [6, 6.07) is 8.93. The smallest absolute Gasteiger partial charge is 0.329 e. The predicted octanol–water partition coefficient (Wildman–Crippen LogP) is 3.54. The molecule has 1 saturated heterocycles. The minimum absolute atomic E-state index is 0.111. The molecule has 0 aromatic heterocycles. The van der Waals surface area contributed by atoms with Crippen LogP contribution in [0.4, 0.5) is 9.18 Å². The summed E-state index contributed by atoms with van der Waals surface area (Å²) in [4.78, 5) is 25.7. The molecular weight excluding hydrogens is 466 g/mol. The highest BCUT2D eigenvalue weighted by Crippen LogP contribution is 2.34. The summed E-state index contributed by atoms with van der Waals surface area (Å²) in [6.45, 7) is -0.141. The van der Waals surface area contributed by atoms with Crippen LogP contribution in [0.3, 0.4) is 0 Å². The van der Waals surface area contributed by atoms with Gasteiger partial charge in [0, 0.05) is 5.56 Å². The maximum absolute atomic E-state index is 13.8. The lowest BCUT2D eigenvalue weighted by molar-refractivity contribution is -0.123. The van der Waals surface area contributed by atoms with Crippen LogP contribution < -0.4 is 14.8 Å². The highest BCUT2D eigenvalue weighted by molar-refractivity contribution is 14.1. The van der Waals surface area contributed by atoms with Gasteiger partial charge in [-0.05, 0) is 52.4 Å². The quantitative estimate of drug-likeness (QED) is 0.403. The molecule has 3 amide bonds. The van der Waals surface area contributed by atoms with Crippen molar-refractivity contribution >= 4 is 40.6 Å². The molecule has 2 aromatic carbocycles. The third-order valence-electron chi connectivity index (χ3n) is 4.02. The number of nitrogens with zero attached hydrogens (tertiary/aromatic N) is 1. The van der Waals surface area contributed by atoms with Crippen LogP contribution in [0, 0.1) is 9.39 Å². The second-order valence-electron chi connectivity index (χ2n) is 5.71. The molecule has 0 bridgehead atoms. The summed E-state index contributed by atoms with van der Waals surface area (Å²) in [7, 11) is 3.06. The summed E-state index contributed by atoms with van der Waals surface area (Å²) in [5.41, 5.74) is 1.04. The molecule has 1 heterocycles. The number of amides is 3. The third kappa shape index (κ3) is 3.90. The zero-order chi connectivity index (χ0) is 19.6. The fraction of sp³-hybridized carbons (Fsp3) is 0.158. The topological polar surface area (TPSA) is 67.9 Å². The summed E-state index contributed by atoms with van der Waals surface area (Å²) in [6.07, 6.45) is 1.55. The van der Waals surface area contributed by atoms with E-state index in [1.54, 1.807) is 37.5 Å². The number of methoxy groups -OCH3 is 2. The van der Waals surface area contributed by atoms with Gasteiger partial charge in [0.1, 0.15) is 11.5 Å². The van der Waals surface area contributed by atoms with Crippen molar-refractivity contribution in [3.63, 3.8) is 0 Å². The van der Waals surface area contributed by atoms with E-state index < -0.39 is 17.8 Å². The van der Waals surface area contributed by atoms with E-state index in [4.69, 9.17) is 9.47 Å². The fourth-order valence-corrected chi connectivity index (χ4v) is 3.55. The third-order valence-corrected chi connectivity index (χ3v) is 4.82. The van der Waals surface area contributed by atoms with Crippen LogP contribution in [0.5, 0.6) is 11.5 Å². The molecule has 140 valence electrons. The van der Waals surface area contributed by atoms with Crippen LogP contribution in [0.25, 0.3) is 6.08 Å². The minimum atomic E-state index is -0.593. The number of rotatable bonds is 5. The van der Waals surface area contributed by atoms with Crippen LogP contribution in [0.15, 0.2) is 42.1 Å². The Kier molecular flexibility index (Phi) is 5.64.